The van der Waals surface area contributed by atoms with E-state index in [1.807, 2.05) is 6.07 Å². The Balaban J connectivity index is 2.96. The van der Waals surface area contributed by atoms with Crippen molar-refractivity contribution in [1.29, 1.82) is 5.26 Å². The fourth-order valence-corrected chi connectivity index (χ4v) is 1.02. The van der Waals surface area contributed by atoms with Crippen LogP contribution in [0.15, 0.2) is 23.4 Å². The molecule has 4 heteroatoms. The standard InChI is InChI=1S/C8H9N3O/c1-11-4-6(3-9)2-7(5-11)8(10)12/h2,5H,4H2,1H3,(H2,10,12). The summed E-state index contributed by atoms with van der Waals surface area (Å²) in [7, 11) is 1.78. The molecule has 0 saturated carbocycles. The van der Waals surface area contributed by atoms with Crippen LogP contribution in [0, 0.1) is 11.3 Å². The van der Waals surface area contributed by atoms with Crippen LogP contribution in [0.4, 0.5) is 0 Å². The molecule has 0 unspecified atom stereocenters. The number of nitrogens with zero attached hydrogens (tertiary/aromatic N) is 2. The highest BCUT2D eigenvalue weighted by Crippen LogP contribution is 2.10. The molecule has 1 amide bonds. The van der Waals surface area contributed by atoms with E-state index in [1.54, 1.807) is 18.1 Å². The maximum atomic E-state index is 10.7. The second kappa shape index (κ2) is 3.09. The van der Waals surface area contributed by atoms with Gasteiger partial charge in [0.05, 0.1) is 18.2 Å². The highest BCUT2D eigenvalue weighted by Gasteiger charge is 2.11. The Morgan fingerprint density at radius 1 is 1.83 bits per heavy atom. The molecule has 1 aliphatic heterocycles. The van der Waals surface area contributed by atoms with Crippen molar-refractivity contribution < 1.29 is 4.79 Å². The van der Waals surface area contributed by atoms with Crippen molar-refractivity contribution in [3.8, 4) is 6.07 Å². The third kappa shape index (κ3) is 1.64. The molecule has 0 bridgehead atoms. The molecular formula is C8H9N3O. The van der Waals surface area contributed by atoms with Gasteiger partial charge in [-0.25, -0.2) is 0 Å². The first-order valence-electron chi connectivity index (χ1n) is 3.46. The van der Waals surface area contributed by atoms with E-state index < -0.39 is 5.91 Å². The largest absolute Gasteiger partial charge is 0.375 e. The van der Waals surface area contributed by atoms with Crippen LogP contribution in [0.2, 0.25) is 0 Å². The molecule has 0 saturated heterocycles. The first-order valence-corrected chi connectivity index (χ1v) is 3.46. The second-order valence-corrected chi connectivity index (χ2v) is 2.65. The minimum atomic E-state index is -0.505. The lowest BCUT2D eigenvalue weighted by Gasteiger charge is -2.18. The number of primary amides is 1. The van der Waals surface area contributed by atoms with Crippen molar-refractivity contribution in [1.82, 2.24) is 4.90 Å². The van der Waals surface area contributed by atoms with Gasteiger partial charge in [0.15, 0.2) is 0 Å². The van der Waals surface area contributed by atoms with Gasteiger partial charge in [0, 0.05) is 18.8 Å². The van der Waals surface area contributed by atoms with Crippen molar-refractivity contribution in [2.45, 2.75) is 0 Å². The molecule has 12 heavy (non-hydrogen) atoms. The quantitative estimate of drug-likeness (QED) is 0.579. The van der Waals surface area contributed by atoms with E-state index in [1.165, 1.54) is 6.08 Å². The smallest absolute Gasteiger partial charge is 0.250 e. The van der Waals surface area contributed by atoms with Crippen LogP contribution in [0.25, 0.3) is 0 Å². The zero-order valence-corrected chi connectivity index (χ0v) is 6.74. The maximum absolute atomic E-state index is 10.7. The molecular weight excluding hydrogens is 154 g/mol. The predicted octanol–water partition coefficient (Wildman–Crippen LogP) is -0.249. The fraction of sp³-hybridized carbons (Fsp3) is 0.250. The van der Waals surface area contributed by atoms with E-state index in [4.69, 9.17) is 11.0 Å². The first-order chi connectivity index (χ1) is 5.63. The monoisotopic (exact) mass is 163 g/mol. The molecule has 0 spiro atoms. The summed E-state index contributed by atoms with van der Waals surface area (Å²) >= 11 is 0. The molecule has 0 aliphatic carbocycles. The van der Waals surface area contributed by atoms with Gasteiger partial charge >= 0.3 is 0 Å². The summed E-state index contributed by atoms with van der Waals surface area (Å²) < 4.78 is 0. The lowest BCUT2D eigenvalue weighted by molar-refractivity contribution is -0.114. The van der Waals surface area contributed by atoms with Crippen LogP contribution in [-0.4, -0.2) is 24.4 Å². The Hall–Kier alpha value is -1.76. The van der Waals surface area contributed by atoms with Gasteiger partial charge in [-0.2, -0.15) is 5.26 Å². The molecule has 0 aromatic heterocycles. The van der Waals surface area contributed by atoms with Crippen LogP contribution in [0.1, 0.15) is 0 Å². The summed E-state index contributed by atoms with van der Waals surface area (Å²) in [6, 6.07) is 1.99. The molecule has 0 fully saturated rings. The fourth-order valence-electron chi connectivity index (χ4n) is 1.02. The Kier molecular flexibility index (Phi) is 2.15. The van der Waals surface area contributed by atoms with Gasteiger partial charge in [-0.1, -0.05) is 0 Å². The van der Waals surface area contributed by atoms with Crippen molar-refractivity contribution in [3.05, 3.63) is 23.4 Å². The Morgan fingerprint density at radius 3 is 3.00 bits per heavy atom. The minimum absolute atomic E-state index is 0.375. The number of nitriles is 1. The zero-order valence-electron chi connectivity index (χ0n) is 6.74. The van der Waals surface area contributed by atoms with Crippen LogP contribution >= 0.6 is 0 Å². The number of rotatable bonds is 1. The molecule has 4 nitrogen and oxygen atoms in total. The minimum Gasteiger partial charge on any atom is -0.375 e. The van der Waals surface area contributed by atoms with Crippen LogP contribution in [0.3, 0.4) is 0 Å². The lowest BCUT2D eigenvalue weighted by atomic mass is 10.1. The van der Waals surface area contributed by atoms with Crippen LogP contribution < -0.4 is 5.73 Å². The van der Waals surface area contributed by atoms with Gasteiger partial charge < -0.3 is 10.6 Å². The highest BCUT2D eigenvalue weighted by atomic mass is 16.1. The van der Waals surface area contributed by atoms with Gasteiger partial charge in [0.1, 0.15) is 0 Å². The number of carbonyl (C=O) groups is 1. The second-order valence-electron chi connectivity index (χ2n) is 2.65. The Labute approximate surface area is 70.6 Å². The van der Waals surface area contributed by atoms with Gasteiger partial charge in [-0.05, 0) is 6.08 Å². The molecule has 0 aromatic rings. The van der Waals surface area contributed by atoms with Crippen molar-refractivity contribution in [3.63, 3.8) is 0 Å². The number of hydrogen-bond acceptors (Lipinski definition) is 3. The lowest BCUT2D eigenvalue weighted by Crippen LogP contribution is -2.23. The average Bonchev–Trinajstić information content (AvgIpc) is 2.03. The first kappa shape index (κ1) is 8.34. The van der Waals surface area contributed by atoms with Gasteiger partial charge in [-0.15, -0.1) is 0 Å². The molecule has 0 aromatic carbocycles. The van der Waals surface area contributed by atoms with Crippen LogP contribution in [-0.2, 0) is 4.79 Å². The molecule has 1 aliphatic rings. The number of amides is 1. The van der Waals surface area contributed by atoms with Crippen LogP contribution in [0.5, 0.6) is 0 Å². The topological polar surface area (TPSA) is 70.1 Å². The maximum Gasteiger partial charge on any atom is 0.250 e. The van der Waals surface area contributed by atoms with Crippen molar-refractivity contribution in [2.24, 2.45) is 5.73 Å². The van der Waals surface area contributed by atoms with E-state index in [9.17, 15) is 4.79 Å². The summed E-state index contributed by atoms with van der Waals surface area (Å²) in [4.78, 5) is 12.5. The molecule has 1 rings (SSSR count). The summed E-state index contributed by atoms with van der Waals surface area (Å²) in [6.45, 7) is 0.535. The normalized spacial score (nSPS) is 16.2. The Bertz CT molecular complexity index is 309. The average molecular weight is 163 g/mol. The van der Waals surface area contributed by atoms with E-state index >= 15 is 0 Å². The number of hydrogen-bond donors (Lipinski definition) is 1. The highest BCUT2D eigenvalue weighted by molar-refractivity contribution is 5.95. The summed E-state index contributed by atoms with van der Waals surface area (Å²) in [5.74, 6) is -0.505. The number of carbonyl (C=O) groups excluding carboxylic acids is 1. The van der Waals surface area contributed by atoms with Crippen molar-refractivity contribution >= 4 is 5.91 Å². The SMILES string of the molecule is CN1C=C(C(N)=O)C=C(C#N)C1. The number of likely N-dealkylation sites (N-methyl/N-ethyl adjacent to an activating group) is 1. The number of nitrogens with two attached hydrogens (primary N) is 1. The van der Waals surface area contributed by atoms with E-state index in [2.05, 4.69) is 0 Å². The van der Waals surface area contributed by atoms with E-state index in [0.29, 0.717) is 17.7 Å². The molecule has 0 radical (unpaired) electrons. The molecule has 62 valence electrons. The summed E-state index contributed by atoms with van der Waals surface area (Å²) in [5, 5.41) is 8.58. The third-order valence-electron chi connectivity index (χ3n) is 1.54. The van der Waals surface area contributed by atoms with E-state index in [0.717, 1.165) is 0 Å². The molecule has 0 atom stereocenters. The third-order valence-corrected chi connectivity index (χ3v) is 1.54. The van der Waals surface area contributed by atoms with Gasteiger partial charge in [0.2, 0.25) is 5.91 Å². The molecule has 1 heterocycles. The molecule has 2 N–H and O–H groups in total. The summed E-state index contributed by atoms with van der Waals surface area (Å²) in [6.07, 6.45) is 3.14. The Morgan fingerprint density at radius 2 is 2.50 bits per heavy atom. The van der Waals surface area contributed by atoms with E-state index in [-0.39, 0.29) is 0 Å². The predicted molar refractivity (Wildman–Crippen MR) is 43.6 cm³/mol. The summed E-state index contributed by atoms with van der Waals surface area (Å²) in [5.41, 5.74) is 5.98. The van der Waals surface area contributed by atoms with Gasteiger partial charge in [0.25, 0.3) is 0 Å². The zero-order chi connectivity index (χ0) is 9.14. The van der Waals surface area contributed by atoms with Crippen molar-refractivity contribution in [2.75, 3.05) is 13.6 Å². The van der Waals surface area contributed by atoms with Gasteiger partial charge in [-0.3, -0.25) is 4.79 Å².